The van der Waals surface area contributed by atoms with Crippen molar-refractivity contribution in [3.8, 4) is 5.75 Å². The van der Waals surface area contributed by atoms with Gasteiger partial charge in [-0.25, -0.2) is 19.3 Å². The average molecular weight is 446 g/mol. The molecule has 1 amide bonds. The van der Waals surface area contributed by atoms with Crippen LogP contribution in [0.2, 0.25) is 0 Å². The fourth-order valence-corrected chi connectivity index (χ4v) is 5.64. The maximum Gasteiger partial charge on any atom is 0.246 e. The zero-order chi connectivity index (χ0) is 21.8. The first-order valence-corrected chi connectivity index (χ1v) is 11.8. The van der Waals surface area contributed by atoms with E-state index in [9.17, 15) is 13.2 Å². The summed E-state index contributed by atoms with van der Waals surface area (Å²) in [7, 11) is -2.16. The van der Waals surface area contributed by atoms with Gasteiger partial charge in [-0.1, -0.05) is 12.1 Å². The Morgan fingerprint density at radius 1 is 1.23 bits per heavy atom. The third-order valence-corrected chi connectivity index (χ3v) is 7.58. The summed E-state index contributed by atoms with van der Waals surface area (Å²) in [5.74, 6) is 0.185. The maximum atomic E-state index is 13.1. The van der Waals surface area contributed by atoms with Crippen molar-refractivity contribution in [2.45, 2.75) is 42.8 Å². The fourth-order valence-electron chi connectivity index (χ4n) is 3.93. The number of hydrogen-bond acceptors (Lipinski definition) is 7. The standard InChI is InChI=1S/C21H27N5O4S/c1-30-19-8-7-15(12-20(19)31(28,29)26-10-4-5-11-26)17-13-18(25-24-17)21(27)23-14-16-6-2-3-9-22-16/h2-3,6-9,12,17-18,24-25H,4-5,10-11,13-14H2,1H3,(H,23,27). The van der Waals surface area contributed by atoms with Crippen molar-refractivity contribution in [1.29, 1.82) is 0 Å². The molecule has 0 spiro atoms. The lowest BCUT2D eigenvalue weighted by atomic mass is 10.0. The highest BCUT2D eigenvalue weighted by Gasteiger charge is 2.33. The molecule has 4 rings (SSSR count). The minimum Gasteiger partial charge on any atom is -0.495 e. The molecule has 3 heterocycles. The van der Waals surface area contributed by atoms with E-state index in [0.29, 0.717) is 31.8 Å². The van der Waals surface area contributed by atoms with E-state index in [1.165, 1.54) is 11.4 Å². The van der Waals surface area contributed by atoms with Crippen LogP contribution in [0.3, 0.4) is 0 Å². The number of hydrazine groups is 1. The third-order valence-electron chi connectivity index (χ3n) is 5.66. The fraction of sp³-hybridized carbons (Fsp3) is 0.429. The van der Waals surface area contributed by atoms with Gasteiger partial charge in [-0.15, -0.1) is 0 Å². The van der Waals surface area contributed by atoms with Gasteiger partial charge in [-0.2, -0.15) is 4.31 Å². The van der Waals surface area contributed by atoms with Crippen LogP contribution >= 0.6 is 0 Å². The Balaban J connectivity index is 1.46. The van der Waals surface area contributed by atoms with Crippen molar-refractivity contribution in [3.63, 3.8) is 0 Å². The molecule has 31 heavy (non-hydrogen) atoms. The number of amides is 1. The maximum absolute atomic E-state index is 13.1. The van der Waals surface area contributed by atoms with Crippen molar-refractivity contribution in [3.05, 3.63) is 53.9 Å². The molecule has 1 aromatic heterocycles. The first-order valence-electron chi connectivity index (χ1n) is 10.4. The number of nitrogens with one attached hydrogen (secondary N) is 3. The van der Waals surface area contributed by atoms with Crippen LogP contribution in [0.1, 0.15) is 36.6 Å². The zero-order valence-electron chi connectivity index (χ0n) is 17.4. The molecule has 2 aliphatic heterocycles. The van der Waals surface area contributed by atoms with E-state index >= 15 is 0 Å². The molecule has 10 heteroatoms. The number of aromatic nitrogens is 1. The van der Waals surface area contributed by atoms with Gasteiger partial charge < -0.3 is 10.1 Å². The Morgan fingerprint density at radius 2 is 2.03 bits per heavy atom. The summed E-state index contributed by atoms with van der Waals surface area (Å²) in [6, 6.07) is 10.1. The number of ether oxygens (including phenoxy) is 1. The van der Waals surface area contributed by atoms with E-state index < -0.39 is 16.1 Å². The Morgan fingerprint density at radius 3 is 2.74 bits per heavy atom. The van der Waals surface area contributed by atoms with E-state index in [-0.39, 0.29) is 16.8 Å². The number of hydrogen-bond donors (Lipinski definition) is 3. The van der Waals surface area contributed by atoms with Gasteiger partial charge in [-0.05, 0) is 49.1 Å². The summed E-state index contributed by atoms with van der Waals surface area (Å²) in [5, 5.41) is 2.88. The molecule has 2 aliphatic rings. The quantitative estimate of drug-likeness (QED) is 0.585. The predicted octanol–water partition coefficient (Wildman–Crippen LogP) is 1.10. The molecule has 2 fully saturated rings. The van der Waals surface area contributed by atoms with E-state index in [0.717, 1.165) is 24.1 Å². The first kappa shape index (κ1) is 21.7. The number of pyridine rings is 1. The minimum atomic E-state index is -3.63. The van der Waals surface area contributed by atoms with Gasteiger partial charge in [0.05, 0.1) is 19.3 Å². The molecule has 0 aliphatic carbocycles. The van der Waals surface area contributed by atoms with Crippen LogP contribution < -0.4 is 20.9 Å². The Bertz CT molecular complexity index is 1030. The van der Waals surface area contributed by atoms with Crippen LogP contribution in [0.5, 0.6) is 5.75 Å². The third kappa shape index (κ3) is 4.72. The van der Waals surface area contributed by atoms with Crippen LogP contribution in [0.25, 0.3) is 0 Å². The molecule has 2 aromatic rings. The summed E-state index contributed by atoms with van der Waals surface area (Å²) >= 11 is 0. The molecule has 9 nitrogen and oxygen atoms in total. The van der Waals surface area contributed by atoms with Gasteiger partial charge in [-0.3, -0.25) is 9.78 Å². The lowest BCUT2D eigenvalue weighted by molar-refractivity contribution is -0.123. The molecule has 2 unspecified atom stereocenters. The van der Waals surface area contributed by atoms with Crippen LogP contribution in [0.4, 0.5) is 0 Å². The summed E-state index contributed by atoms with van der Waals surface area (Å²) in [4.78, 5) is 16.9. The molecule has 1 aromatic carbocycles. The molecule has 0 bridgehead atoms. The second-order valence-electron chi connectivity index (χ2n) is 7.69. The highest BCUT2D eigenvalue weighted by Crippen LogP contribution is 2.33. The highest BCUT2D eigenvalue weighted by atomic mass is 32.2. The van der Waals surface area contributed by atoms with Crippen LogP contribution in [-0.2, 0) is 21.4 Å². The second-order valence-corrected chi connectivity index (χ2v) is 9.60. The summed E-state index contributed by atoms with van der Waals surface area (Å²) in [6.45, 7) is 1.40. The molecular weight excluding hydrogens is 418 g/mol. The normalized spacial score (nSPS) is 21.8. The molecule has 2 saturated heterocycles. The van der Waals surface area contributed by atoms with Crippen molar-refractivity contribution in [2.24, 2.45) is 0 Å². The minimum absolute atomic E-state index is 0.140. The number of methoxy groups -OCH3 is 1. The number of carbonyl (C=O) groups is 1. The van der Waals surface area contributed by atoms with Gasteiger partial charge in [0.1, 0.15) is 16.7 Å². The number of carbonyl (C=O) groups excluding carboxylic acids is 1. The summed E-state index contributed by atoms with van der Waals surface area (Å²) in [6.07, 6.45) is 3.91. The van der Waals surface area contributed by atoms with E-state index in [4.69, 9.17) is 4.74 Å². The molecule has 166 valence electrons. The number of sulfonamides is 1. The smallest absolute Gasteiger partial charge is 0.246 e. The summed E-state index contributed by atoms with van der Waals surface area (Å²) < 4.78 is 33.1. The second kappa shape index (κ2) is 9.31. The van der Waals surface area contributed by atoms with Gasteiger partial charge >= 0.3 is 0 Å². The lowest BCUT2D eigenvalue weighted by Gasteiger charge is -2.19. The van der Waals surface area contributed by atoms with E-state index in [1.807, 2.05) is 24.3 Å². The van der Waals surface area contributed by atoms with Crippen molar-refractivity contribution in [2.75, 3.05) is 20.2 Å². The molecule has 0 radical (unpaired) electrons. The number of rotatable bonds is 7. The predicted molar refractivity (Wildman–Crippen MR) is 114 cm³/mol. The average Bonchev–Trinajstić information content (AvgIpc) is 3.51. The van der Waals surface area contributed by atoms with Crippen molar-refractivity contribution >= 4 is 15.9 Å². The molecular formula is C21H27N5O4S. The van der Waals surface area contributed by atoms with E-state index in [1.54, 1.807) is 18.3 Å². The SMILES string of the molecule is COc1ccc(C2CC(C(=O)NCc3ccccn3)NN2)cc1S(=O)(=O)N1CCCC1. The largest absolute Gasteiger partial charge is 0.495 e. The number of benzene rings is 1. The summed E-state index contributed by atoms with van der Waals surface area (Å²) in [5.41, 5.74) is 7.69. The molecule has 3 N–H and O–H groups in total. The topological polar surface area (TPSA) is 113 Å². The molecule has 0 saturated carbocycles. The van der Waals surface area contributed by atoms with Gasteiger partial charge in [0.2, 0.25) is 15.9 Å². The van der Waals surface area contributed by atoms with Gasteiger partial charge in [0, 0.05) is 25.3 Å². The molecule has 2 atom stereocenters. The van der Waals surface area contributed by atoms with E-state index in [2.05, 4.69) is 21.2 Å². The first-order chi connectivity index (χ1) is 15.0. The monoisotopic (exact) mass is 445 g/mol. The number of nitrogens with zero attached hydrogens (tertiary/aromatic N) is 2. The van der Waals surface area contributed by atoms with Crippen molar-refractivity contribution in [1.82, 2.24) is 25.5 Å². The zero-order valence-corrected chi connectivity index (χ0v) is 18.2. The Kier molecular flexibility index (Phi) is 6.51. The van der Waals surface area contributed by atoms with Gasteiger partial charge in [0.25, 0.3) is 0 Å². The Hall–Kier alpha value is -2.53. The van der Waals surface area contributed by atoms with Crippen LogP contribution in [0.15, 0.2) is 47.5 Å². The van der Waals surface area contributed by atoms with Crippen LogP contribution in [-0.4, -0.2) is 49.9 Å². The van der Waals surface area contributed by atoms with Gasteiger partial charge in [0.15, 0.2) is 0 Å². The Labute approximate surface area is 182 Å². The van der Waals surface area contributed by atoms with Crippen LogP contribution in [0, 0.1) is 0 Å². The van der Waals surface area contributed by atoms with Crippen molar-refractivity contribution < 1.29 is 17.9 Å². The lowest BCUT2D eigenvalue weighted by Crippen LogP contribution is -2.42. The highest BCUT2D eigenvalue weighted by molar-refractivity contribution is 7.89.